The summed E-state index contributed by atoms with van der Waals surface area (Å²) in [6.07, 6.45) is 11.7. The van der Waals surface area contributed by atoms with Crippen LogP contribution in [0.2, 0.25) is 0 Å². The van der Waals surface area contributed by atoms with Crippen molar-refractivity contribution in [3.05, 3.63) is 29.8 Å². The van der Waals surface area contributed by atoms with Gasteiger partial charge in [-0.1, -0.05) is 84.3 Å². The molecule has 0 heterocycles. The highest BCUT2D eigenvalue weighted by atomic mass is 32.2. The minimum absolute atomic E-state index is 0.0106. The highest BCUT2D eigenvalue weighted by Crippen LogP contribution is 2.30. The molecule has 1 aromatic carbocycles. The van der Waals surface area contributed by atoms with E-state index in [9.17, 15) is 13.2 Å². The molecular weight excluding hydrogens is 348 g/mol. The van der Waals surface area contributed by atoms with Crippen molar-refractivity contribution < 1.29 is 17.8 Å². The largest absolute Gasteiger partial charge is 0.294 e. The van der Waals surface area contributed by atoms with Gasteiger partial charge in [-0.15, -0.1) is 0 Å². The van der Waals surface area contributed by atoms with E-state index in [1.54, 1.807) is 0 Å². The molecule has 0 aromatic heterocycles. The second-order valence-corrected chi connectivity index (χ2v) is 9.41. The fraction of sp³-hybridized carbons (Fsp3) is 0.667. The molecule has 0 bridgehead atoms. The summed E-state index contributed by atoms with van der Waals surface area (Å²) in [5, 5.41) is 0. The first-order chi connectivity index (χ1) is 12.2. The Morgan fingerprint density at radius 3 is 1.92 bits per heavy atom. The number of carbonyl (C=O) groups excluding carboxylic acids is 1. The van der Waals surface area contributed by atoms with Gasteiger partial charge in [0.2, 0.25) is 0 Å². The minimum Gasteiger partial charge on any atom is -0.294 e. The predicted molar refractivity (Wildman–Crippen MR) is 106 cm³/mol. The zero-order valence-corrected chi connectivity index (χ0v) is 17.3. The topological polar surface area (TPSA) is 71.4 Å². The maximum atomic E-state index is 12.4. The molecule has 0 saturated carbocycles. The van der Waals surface area contributed by atoms with Crippen LogP contribution in [0.4, 0.5) is 0 Å². The number of hydrogen-bond donors (Lipinski definition) is 1. The van der Waals surface area contributed by atoms with Crippen molar-refractivity contribution >= 4 is 15.9 Å². The van der Waals surface area contributed by atoms with Crippen LogP contribution < -0.4 is 0 Å². The molecule has 0 spiro atoms. The first kappa shape index (κ1) is 22.8. The Morgan fingerprint density at radius 2 is 1.42 bits per heavy atom. The Kier molecular flexibility index (Phi) is 9.51. The smallest absolute Gasteiger partial charge is 0.294 e. The lowest BCUT2D eigenvalue weighted by Crippen LogP contribution is -2.17. The van der Waals surface area contributed by atoms with E-state index in [1.807, 2.05) is 0 Å². The molecule has 0 aliphatic heterocycles. The standard InChI is InChI=1S/C21H34O4S/c1-4-5-6-7-8-9-10-11-16-21(2,3)17-20(22)18-12-14-19(15-13-18)26(23,24)25/h12-15H,4-11,16-17H2,1-3H3,(H,23,24,25). The summed E-state index contributed by atoms with van der Waals surface area (Å²) in [7, 11) is -4.22. The van der Waals surface area contributed by atoms with Gasteiger partial charge in [0.15, 0.2) is 5.78 Å². The molecule has 0 fully saturated rings. The van der Waals surface area contributed by atoms with Crippen molar-refractivity contribution in [2.75, 3.05) is 0 Å². The van der Waals surface area contributed by atoms with E-state index in [-0.39, 0.29) is 16.1 Å². The van der Waals surface area contributed by atoms with Crippen LogP contribution in [-0.2, 0) is 10.1 Å². The molecule has 0 saturated heterocycles. The predicted octanol–water partition coefficient (Wildman–Crippen LogP) is 6.06. The van der Waals surface area contributed by atoms with E-state index in [0.29, 0.717) is 12.0 Å². The van der Waals surface area contributed by atoms with Gasteiger partial charge in [-0.2, -0.15) is 8.42 Å². The van der Waals surface area contributed by atoms with Crippen molar-refractivity contribution in [3.8, 4) is 0 Å². The second kappa shape index (κ2) is 10.8. The highest BCUT2D eigenvalue weighted by molar-refractivity contribution is 7.85. The summed E-state index contributed by atoms with van der Waals surface area (Å²) in [5.41, 5.74) is 0.419. The van der Waals surface area contributed by atoms with Gasteiger partial charge in [-0.05, 0) is 24.0 Å². The molecule has 0 aliphatic rings. The van der Waals surface area contributed by atoms with Crippen LogP contribution in [-0.4, -0.2) is 18.8 Å². The molecule has 0 unspecified atom stereocenters. The van der Waals surface area contributed by atoms with Crippen molar-refractivity contribution in [1.82, 2.24) is 0 Å². The molecule has 148 valence electrons. The maximum absolute atomic E-state index is 12.4. The third-order valence-corrected chi connectivity index (χ3v) is 5.69. The zero-order chi connectivity index (χ0) is 19.6. The van der Waals surface area contributed by atoms with Gasteiger partial charge in [0.05, 0.1) is 4.90 Å². The van der Waals surface area contributed by atoms with Crippen molar-refractivity contribution in [3.63, 3.8) is 0 Å². The molecule has 1 rings (SSSR count). The zero-order valence-electron chi connectivity index (χ0n) is 16.5. The number of rotatable bonds is 13. The van der Waals surface area contributed by atoms with Crippen LogP contribution in [0.5, 0.6) is 0 Å². The van der Waals surface area contributed by atoms with E-state index in [0.717, 1.165) is 12.8 Å². The Labute approximate surface area is 159 Å². The Bertz CT molecular complexity index is 645. The maximum Gasteiger partial charge on any atom is 0.294 e. The van der Waals surface area contributed by atoms with Crippen LogP contribution in [0.25, 0.3) is 0 Å². The molecule has 26 heavy (non-hydrogen) atoms. The van der Waals surface area contributed by atoms with Crippen LogP contribution in [0.1, 0.15) is 95.3 Å². The summed E-state index contributed by atoms with van der Waals surface area (Å²) in [5.74, 6) is 0.0106. The number of unbranched alkanes of at least 4 members (excludes halogenated alkanes) is 7. The van der Waals surface area contributed by atoms with E-state index >= 15 is 0 Å². The van der Waals surface area contributed by atoms with Gasteiger partial charge < -0.3 is 0 Å². The average molecular weight is 383 g/mol. The normalized spacial score (nSPS) is 12.3. The Balaban J connectivity index is 2.37. The van der Waals surface area contributed by atoms with E-state index in [2.05, 4.69) is 20.8 Å². The van der Waals surface area contributed by atoms with Crippen molar-refractivity contribution in [1.29, 1.82) is 0 Å². The van der Waals surface area contributed by atoms with Gasteiger partial charge in [0, 0.05) is 12.0 Å². The SMILES string of the molecule is CCCCCCCCCCC(C)(C)CC(=O)c1ccc(S(=O)(=O)O)cc1. The van der Waals surface area contributed by atoms with Crippen molar-refractivity contribution in [2.24, 2.45) is 5.41 Å². The second-order valence-electron chi connectivity index (χ2n) is 7.99. The third-order valence-electron chi connectivity index (χ3n) is 4.82. The fourth-order valence-electron chi connectivity index (χ4n) is 3.18. The van der Waals surface area contributed by atoms with Crippen LogP contribution in [0.3, 0.4) is 0 Å². The van der Waals surface area contributed by atoms with Crippen LogP contribution >= 0.6 is 0 Å². The Morgan fingerprint density at radius 1 is 0.923 bits per heavy atom. The lowest BCUT2D eigenvalue weighted by molar-refractivity contribution is 0.0924. The molecular formula is C21H34O4S. The lowest BCUT2D eigenvalue weighted by Gasteiger charge is -2.23. The molecule has 0 aliphatic carbocycles. The van der Waals surface area contributed by atoms with Gasteiger partial charge >= 0.3 is 0 Å². The monoisotopic (exact) mass is 382 g/mol. The van der Waals surface area contributed by atoms with Crippen LogP contribution in [0.15, 0.2) is 29.2 Å². The lowest BCUT2D eigenvalue weighted by atomic mass is 9.81. The molecule has 1 N–H and O–H groups in total. The summed E-state index contributed by atoms with van der Waals surface area (Å²) < 4.78 is 31.1. The number of carbonyl (C=O) groups is 1. The first-order valence-corrected chi connectivity index (χ1v) is 11.2. The van der Waals surface area contributed by atoms with E-state index in [1.165, 1.54) is 69.2 Å². The molecule has 5 heteroatoms. The third kappa shape index (κ3) is 8.95. The van der Waals surface area contributed by atoms with E-state index in [4.69, 9.17) is 4.55 Å². The minimum atomic E-state index is -4.22. The first-order valence-electron chi connectivity index (χ1n) is 9.76. The summed E-state index contributed by atoms with van der Waals surface area (Å²) in [6, 6.07) is 5.48. The van der Waals surface area contributed by atoms with E-state index < -0.39 is 10.1 Å². The van der Waals surface area contributed by atoms with Crippen LogP contribution in [0, 0.1) is 5.41 Å². The van der Waals surface area contributed by atoms with Gasteiger partial charge in [-0.25, -0.2) is 0 Å². The molecule has 0 amide bonds. The number of Topliss-reactive ketones (excluding diaryl/α,β-unsaturated/α-hetero) is 1. The van der Waals surface area contributed by atoms with Gasteiger partial charge in [0.25, 0.3) is 10.1 Å². The number of benzene rings is 1. The molecule has 1 aromatic rings. The molecule has 4 nitrogen and oxygen atoms in total. The quantitative estimate of drug-likeness (QED) is 0.255. The Hall–Kier alpha value is -1.20. The highest BCUT2D eigenvalue weighted by Gasteiger charge is 2.22. The summed E-state index contributed by atoms with van der Waals surface area (Å²) in [4.78, 5) is 12.3. The van der Waals surface area contributed by atoms with Crippen molar-refractivity contribution in [2.45, 2.75) is 89.9 Å². The number of ketones is 1. The van der Waals surface area contributed by atoms with Gasteiger partial charge in [-0.3, -0.25) is 9.35 Å². The fourth-order valence-corrected chi connectivity index (χ4v) is 3.66. The van der Waals surface area contributed by atoms with Gasteiger partial charge in [0.1, 0.15) is 0 Å². The molecule has 0 atom stereocenters. The summed E-state index contributed by atoms with van der Waals surface area (Å²) >= 11 is 0. The average Bonchev–Trinajstić information content (AvgIpc) is 2.56. The summed E-state index contributed by atoms with van der Waals surface area (Å²) in [6.45, 7) is 6.45. The number of hydrogen-bond acceptors (Lipinski definition) is 3. The molecule has 0 radical (unpaired) electrons.